The van der Waals surface area contributed by atoms with Crippen LogP contribution in [0.3, 0.4) is 0 Å². The van der Waals surface area contributed by atoms with Gasteiger partial charge in [0.2, 0.25) is 0 Å². The number of ether oxygens (including phenoxy) is 1. The predicted molar refractivity (Wildman–Crippen MR) is 64.0 cm³/mol. The van der Waals surface area contributed by atoms with Gasteiger partial charge in [-0.3, -0.25) is 0 Å². The third kappa shape index (κ3) is 2.64. The average molecular weight is 243 g/mol. The first-order chi connectivity index (χ1) is 7.85. The molecule has 0 aromatic heterocycles. The summed E-state index contributed by atoms with van der Waals surface area (Å²) in [5.41, 5.74) is -0.0455. The molecule has 0 amide bonds. The smallest absolute Gasteiger partial charge is 0.163 e. The van der Waals surface area contributed by atoms with Crippen molar-refractivity contribution in [3.05, 3.63) is 34.9 Å². The number of rotatable bonds is 4. The van der Waals surface area contributed by atoms with Crippen LogP contribution in [0.5, 0.6) is 0 Å². The minimum Gasteiger partial charge on any atom is -0.377 e. The zero-order chi connectivity index (χ0) is 13.2. The predicted octanol–water partition coefficient (Wildman–Crippen LogP) is 2.96. The van der Waals surface area contributed by atoms with Crippen LogP contribution >= 0.6 is 0 Å². The number of likely N-dealkylation sites (N-methyl/N-ethyl adjacent to an activating group) is 1. The first-order valence-corrected chi connectivity index (χ1v) is 5.52. The van der Waals surface area contributed by atoms with Crippen molar-refractivity contribution in [1.29, 1.82) is 0 Å². The molecule has 1 aromatic rings. The molecule has 0 aliphatic heterocycles. The van der Waals surface area contributed by atoms with Crippen LogP contribution in [0.15, 0.2) is 12.1 Å². The fourth-order valence-corrected chi connectivity index (χ4v) is 1.88. The number of hydrogen-bond donors (Lipinski definition) is 1. The quantitative estimate of drug-likeness (QED) is 0.877. The van der Waals surface area contributed by atoms with Crippen molar-refractivity contribution in [3.8, 4) is 0 Å². The lowest BCUT2D eigenvalue weighted by atomic mass is 9.90. The van der Waals surface area contributed by atoms with Gasteiger partial charge in [-0.05, 0) is 33.4 Å². The van der Waals surface area contributed by atoms with Gasteiger partial charge in [0.1, 0.15) is 0 Å². The highest BCUT2D eigenvalue weighted by atomic mass is 19.2. The van der Waals surface area contributed by atoms with E-state index in [1.807, 2.05) is 13.8 Å². The summed E-state index contributed by atoms with van der Waals surface area (Å²) in [7, 11) is 3.25. The maximum atomic E-state index is 13.9. The summed E-state index contributed by atoms with van der Waals surface area (Å²) in [4.78, 5) is 0. The second kappa shape index (κ2) is 5.10. The summed E-state index contributed by atoms with van der Waals surface area (Å²) in [5, 5.41) is 2.97. The van der Waals surface area contributed by atoms with Crippen molar-refractivity contribution < 1.29 is 13.5 Å². The fourth-order valence-electron chi connectivity index (χ4n) is 1.88. The lowest BCUT2D eigenvalue weighted by molar-refractivity contribution is -0.0101. The maximum absolute atomic E-state index is 13.9. The topological polar surface area (TPSA) is 21.3 Å². The van der Waals surface area contributed by atoms with E-state index >= 15 is 0 Å². The second-order valence-corrected chi connectivity index (χ2v) is 4.63. The van der Waals surface area contributed by atoms with Gasteiger partial charge in [0, 0.05) is 12.7 Å². The summed E-state index contributed by atoms with van der Waals surface area (Å²) in [6, 6.07) is 2.75. The van der Waals surface area contributed by atoms with E-state index in [0.29, 0.717) is 5.56 Å². The van der Waals surface area contributed by atoms with E-state index in [1.54, 1.807) is 26.3 Å². The summed E-state index contributed by atoms with van der Waals surface area (Å²) in [5.74, 6) is -1.61. The van der Waals surface area contributed by atoms with Crippen molar-refractivity contribution in [2.24, 2.45) is 0 Å². The van der Waals surface area contributed by atoms with E-state index < -0.39 is 23.3 Å². The van der Waals surface area contributed by atoms with E-state index in [0.717, 1.165) is 0 Å². The van der Waals surface area contributed by atoms with Crippen molar-refractivity contribution in [3.63, 3.8) is 0 Å². The fraction of sp³-hybridized carbons (Fsp3) is 0.538. The number of halogens is 2. The number of benzene rings is 1. The molecule has 0 saturated heterocycles. The van der Waals surface area contributed by atoms with Crippen LogP contribution in [0.2, 0.25) is 0 Å². The Balaban J connectivity index is 3.27. The highest BCUT2D eigenvalue weighted by Gasteiger charge is 2.32. The Labute approximate surface area is 101 Å². The Morgan fingerprint density at radius 2 is 1.82 bits per heavy atom. The zero-order valence-corrected chi connectivity index (χ0v) is 10.9. The van der Waals surface area contributed by atoms with Crippen molar-refractivity contribution in [1.82, 2.24) is 5.32 Å². The Bertz CT molecular complexity index is 405. The molecule has 0 fully saturated rings. The first kappa shape index (κ1) is 14.1. The molecular formula is C13H19F2NO. The summed E-state index contributed by atoms with van der Waals surface area (Å²) in [6.07, 6.45) is 0. The van der Waals surface area contributed by atoms with Crippen LogP contribution in [-0.4, -0.2) is 19.8 Å². The van der Waals surface area contributed by atoms with Crippen molar-refractivity contribution in [2.75, 3.05) is 14.2 Å². The molecule has 1 N–H and O–H groups in total. The lowest BCUT2D eigenvalue weighted by Gasteiger charge is -2.33. The molecule has 1 aromatic carbocycles. The summed E-state index contributed by atoms with van der Waals surface area (Å²) < 4.78 is 32.8. The molecule has 0 aliphatic carbocycles. The second-order valence-electron chi connectivity index (χ2n) is 4.63. The first-order valence-electron chi connectivity index (χ1n) is 5.52. The molecule has 0 saturated carbocycles. The lowest BCUT2D eigenvalue weighted by Crippen LogP contribution is -2.39. The monoisotopic (exact) mass is 243 g/mol. The van der Waals surface area contributed by atoms with E-state index in [4.69, 9.17) is 4.74 Å². The number of methoxy groups -OCH3 is 1. The maximum Gasteiger partial charge on any atom is 0.163 e. The molecule has 1 atom stereocenters. The summed E-state index contributed by atoms with van der Waals surface area (Å²) >= 11 is 0. The van der Waals surface area contributed by atoms with Gasteiger partial charge in [0.25, 0.3) is 0 Å². The van der Waals surface area contributed by atoms with Gasteiger partial charge >= 0.3 is 0 Å². The highest BCUT2D eigenvalue weighted by molar-refractivity contribution is 5.29. The molecule has 0 bridgehead atoms. The molecule has 2 nitrogen and oxygen atoms in total. The molecule has 96 valence electrons. The Morgan fingerprint density at radius 3 is 2.29 bits per heavy atom. The number of aryl methyl sites for hydroxylation is 1. The molecule has 17 heavy (non-hydrogen) atoms. The van der Waals surface area contributed by atoms with Crippen LogP contribution < -0.4 is 5.32 Å². The minimum absolute atomic E-state index is 0.280. The highest BCUT2D eigenvalue weighted by Crippen LogP contribution is 2.31. The largest absolute Gasteiger partial charge is 0.377 e. The van der Waals surface area contributed by atoms with E-state index in [2.05, 4.69) is 5.32 Å². The average Bonchev–Trinajstić information content (AvgIpc) is 2.30. The van der Waals surface area contributed by atoms with Gasteiger partial charge in [0.05, 0.1) is 11.6 Å². The third-order valence-electron chi connectivity index (χ3n) is 3.13. The van der Waals surface area contributed by atoms with Crippen LogP contribution in [0.1, 0.15) is 31.0 Å². The van der Waals surface area contributed by atoms with Crippen molar-refractivity contribution >= 4 is 0 Å². The van der Waals surface area contributed by atoms with E-state index in [-0.39, 0.29) is 5.56 Å². The molecule has 1 unspecified atom stereocenters. The van der Waals surface area contributed by atoms with E-state index in [1.165, 1.54) is 6.92 Å². The molecule has 0 heterocycles. The summed E-state index contributed by atoms with van der Waals surface area (Å²) in [6.45, 7) is 5.19. The van der Waals surface area contributed by atoms with E-state index in [9.17, 15) is 8.78 Å². The SMILES string of the molecule is CNC(c1ccc(C)c(F)c1F)C(C)(C)OC. The molecule has 0 spiro atoms. The van der Waals surface area contributed by atoms with Crippen molar-refractivity contribution in [2.45, 2.75) is 32.4 Å². The normalized spacial score (nSPS) is 13.8. The molecule has 1 rings (SSSR count). The Kier molecular flexibility index (Phi) is 4.22. The van der Waals surface area contributed by atoms with Crippen LogP contribution in [0.25, 0.3) is 0 Å². The van der Waals surface area contributed by atoms with Gasteiger partial charge in [-0.2, -0.15) is 0 Å². The van der Waals surface area contributed by atoms with Crippen LogP contribution in [0, 0.1) is 18.6 Å². The Hall–Kier alpha value is -1.00. The van der Waals surface area contributed by atoms with Crippen LogP contribution in [0.4, 0.5) is 8.78 Å². The van der Waals surface area contributed by atoms with Gasteiger partial charge in [-0.25, -0.2) is 8.78 Å². The number of hydrogen-bond acceptors (Lipinski definition) is 2. The minimum atomic E-state index is -0.811. The van der Waals surface area contributed by atoms with Gasteiger partial charge in [-0.1, -0.05) is 12.1 Å². The Morgan fingerprint density at radius 1 is 1.24 bits per heavy atom. The number of nitrogens with one attached hydrogen (secondary N) is 1. The standard InChI is InChI=1S/C13H19F2NO/c1-8-6-7-9(11(15)10(8)14)12(16-4)13(2,3)17-5/h6-7,12,16H,1-5H3. The van der Waals surface area contributed by atoms with Gasteiger partial charge in [0.15, 0.2) is 11.6 Å². The molecule has 4 heteroatoms. The van der Waals surface area contributed by atoms with Crippen LogP contribution in [-0.2, 0) is 4.74 Å². The zero-order valence-electron chi connectivity index (χ0n) is 10.9. The molecule has 0 radical (unpaired) electrons. The molecule has 0 aliphatic rings. The third-order valence-corrected chi connectivity index (χ3v) is 3.13. The van der Waals surface area contributed by atoms with Gasteiger partial charge < -0.3 is 10.1 Å². The molecular weight excluding hydrogens is 224 g/mol. The van der Waals surface area contributed by atoms with Gasteiger partial charge in [-0.15, -0.1) is 0 Å².